The van der Waals surface area contributed by atoms with E-state index in [2.05, 4.69) is 19.2 Å². The van der Waals surface area contributed by atoms with Crippen LogP contribution < -0.4 is 5.32 Å². The number of hydrogen-bond acceptors (Lipinski definition) is 4. The van der Waals surface area contributed by atoms with Gasteiger partial charge in [-0.3, -0.25) is 14.5 Å². The minimum absolute atomic E-state index is 0.0861. The predicted octanol–water partition coefficient (Wildman–Crippen LogP) is 2.69. The Morgan fingerprint density at radius 2 is 2.13 bits per heavy atom. The van der Waals surface area contributed by atoms with Gasteiger partial charge in [0.25, 0.3) is 0 Å². The zero-order valence-electron chi connectivity index (χ0n) is 14.4. The molecule has 2 rings (SSSR count). The normalized spacial score (nSPS) is 18.2. The molecule has 0 spiro atoms. The molecule has 1 aliphatic rings. The second-order valence-corrected chi connectivity index (χ2v) is 6.39. The average Bonchev–Trinajstić information content (AvgIpc) is 2.96. The summed E-state index contributed by atoms with van der Waals surface area (Å²) < 4.78 is 4.82. The summed E-state index contributed by atoms with van der Waals surface area (Å²) in [5.74, 6) is -0.00846. The lowest BCUT2D eigenvalue weighted by Gasteiger charge is -2.23. The van der Waals surface area contributed by atoms with Crippen LogP contribution in [0.1, 0.15) is 43.7 Å². The molecular weight excluding hydrogens is 292 g/mol. The zero-order valence-corrected chi connectivity index (χ0v) is 14.4. The topological polar surface area (TPSA) is 58.6 Å². The quantitative estimate of drug-likeness (QED) is 0.848. The van der Waals surface area contributed by atoms with Crippen LogP contribution in [-0.4, -0.2) is 43.0 Å². The Labute approximate surface area is 138 Å². The molecule has 23 heavy (non-hydrogen) atoms. The van der Waals surface area contributed by atoms with Gasteiger partial charge >= 0.3 is 5.97 Å². The largest absolute Gasteiger partial charge is 0.468 e. The third-order valence-corrected chi connectivity index (χ3v) is 4.38. The summed E-state index contributed by atoms with van der Waals surface area (Å²) in [4.78, 5) is 26.1. The maximum Gasteiger partial charge on any atom is 0.323 e. The standard InChI is InChI=1S/C18H26N2O3/c1-12(2)14-8-5-7-13(3)17(14)19-16(21)11-20-10-6-9-15(20)18(22)23-4/h5,7-8,12,15H,6,9-11H2,1-4H3,(H,19,21)/t15-/m0/s1. The fourth-order valence-corrected chi connectivity index (χ4v) is 3.12. The maximum atomic E-state index is 12.4. The van der Waals surface area contributed by atoms with Crippen molar-refractivity contribution in [2.45, 2.75) is 45.6 Å². The minimum Gasteiger partial charge on any atom is -0.468 e. The van der Waals surface area contributed by atoms with E-state index in [1.165, 1.54) is 7.11 Å². The highest BCUT2D eigenvalue weighted by Crippen LogP contribution is 2.27. The van der Waals surface area contributed by atoms with E-state index in [0.29, 0.717) is 5.92 Å². The molecule has 0 unspecified atom stereocenters. The smallest absolute Gasteiger partial charge is 0.323 e. The van der Waals surface area contributed by atoms with Crippen LogP contribution in [0.15, 0.2) is 18.2 Å². The van der Waals surface area contributed by atoms with Crippen molar-refractivity contribution < 1.29 is 14.3 Å². The summed E-state index contributed by atoms with van der Waals surface area (Å²) in [5.41, 5.74) is 3.07. The van der Waals surface area contributed by atoms with Crippen LogP contribution in [0, 0.1) is 6.92 Å². The van der Waals surface area contributed by atoms with Crippen molar-refractivity contribution in [2.75, 3.05) is 25.5 Å². The number of nitrogens with zero attached hydrogens (tertiary/aromatic N) is 1. The number of methoxy groups -OCH3 is 1. The molecule has 1 fully saturated rings. The van der Waals surface area contributed by atoms with Gasteiger partial charge in [-0.1, -0.05) is 32.0 Å². The van der Waals surface area contributed by atoms with E-state index in [1.807, 2.05) is 30.0 Å². The first-order valence-corrected chi connectivity index (χ1v) is 8.15. The van der Waals surface area contributed by atoms with Crippen molar-refractivity contribution in [3.8, 4) is 0 Å². The first-order valence-electron chi connectivity index (χ1n) is 8.15. The Morgan fingerprint density at radius 1 is 1.39 bits per heavy atom. The van der Waals surface area contributed by atoms with Gasteiger partial charge in [0.05, 0.1) is 13.7 Å². The van der Waals surface area contributed by atoms with Gasteiger partial charge in [-0.15, -0.1) is 0 Å². The molecule has 1 atom stereocenters. The summed E-state index contributed by atoms with van der Waals surface area (Å²) >= 11 is 0. The van der Waals surface area contributed by atoms with Crippen molar-refractivity contribution in [1.82, 2.24) is 4.90 Å². The van der Waals surface area contributed by atoms with Crippen LogP contribution in [0.4, 0.5) is 5.69 Å². The van der Waals surface area contributed by atoms with Crippen molar-refractivity contribution in [1.29, 1.82) is 0 Å². The Bertz CT molecular complexity index is 584. The minimum atomic E-state index is -0.299. The Morgan fingerprint density at radius 3 is 2.78 bits per heavy atom. The van der Waals surface area contributed by atoms with Gasteiger partial charge in [-0.25, -0.2) is 0 Å². The summed E-state index contributed by atoms with van der Waals surface area (Å²) in [6.07, 6.45) is 1.66. The van der Waals surface area contributed by atoms with E-state index in [4.69, 9.17) is 4.74 Å². The SMILES string of the molecule is COC(=O)[C@@H]1CCCN1CC(=O)Nc1c(C)cccc1C(C)C. The van der Waals surface area contributed by atoms with Crippen molar-refractivity contribution in [3.63, 3.8) is 0 Å². The Kier molecular flexibility index (Phi) is 5.77. The number of amides is 1. The highest BCUT2D eigenvalue weighted by molar-refractivity contribution is 5.94. The van der Waals surface area contributed by atoms with Crippen molar-refractivity contribution >= 4 is 17.6 Å². The van der Waals surface area contributed by atoms with Crippen LogP contribution in [0.5, 0.6) is 0 Å². The third-order valence-electron chi connectivity index (χ3n) is 4.38. The first kappa shape index (κ1) is 17.5. The number of esters is 1. The monoisotopic (exact) mass is 318 g/mol. The zero-order chi connectivity index (χ0) is 17.0. The third kappa shape index (κ3) is 4.10. The van der Waals surface area contributed by atoms with Crippen molar-refractivity contribution in [2.24, 2.45) is 0 Å². The van der Waals surface area contributed by atoms with Gasteiger partial charge in [0.15, 0.2) is 0 Å². The van der Waals surface area contributed by atoms with E-state index in [9.17, 15) is 9.59 Å². The fourth-order valence-electron chi connectivity index (χ4n) is 3.12. The molecule has 1 heterocycles. The van der Waals surface area contributed by atoms with Gasteiger partial charge in [0.1, 0.15) is 6.04 Å². The number of rotatable bonds is 5. The van der Waals surface area contributed by atoms with E-state index >= 15 is 0 Å². The molecule has 0 aromatic heterocycles. The number of likely N-dealkylation sites (tertiary alicyclic amines) is 1. The van der Waals surface area contributed by atoms with Crippen LogP contribution >= 0.6 is 0 Å². The fraction of sp³-hybridized carbons (Fsp3) is 0.556. The van der Waals surface area contributed by atoms with Gasteiger partial charge in [-0.2, -0.15) is 0 Å². The second kappa shape index (κ2) is 7.59. The number of nitrogens with one attached hydrogen (secondary N) is 1. The summed E-state index contributed by atoms with van der Waals surface area (Å²) in [6.45, 7) is 7.18. The van der Waals surface area contributed by atoms with Crippen LogP contribution in [-0.2, 0) is 14.3 Å². The second-order valence-electron chi connectivity index (χ2n) is 6.39. The molecule has 1 N–H and O–H groups in total. The summed E-state index contributed by atoms with van der Waals surface area (Å²) in [7, 11) is 1.39. The van der Waals surface area contributed by atoms with Gasteiger partial charge < -0.3 is 10.1 Å². The first-order chi connectivity index (χ1) is 10.9. The molecule has 5 nitrogen and oxygen atoms in total. The lowest BCUT2D eigenvalue weighted by molar-refractivity contribution is -0.146. The molecule has 1 aliphatic heterocycles. The molecule has 1 amide bonds. The molecular formula is C18H26N2O3. The van der Waals surface area contributed by atoms with Gasteiger partial charge in [0.2, 0.25) is 5.91 Å². The van der Waals surface area contributed by atoms with Crippen LogP contribution in [0.25, 0.3) is 0 Å². The highest BCUT2D eigenvalue weighted by Gasteiger charge is 2.32. The Balaban J connectivity index is 2.07. The van der Waals surface area contributed by atoms with Crippen LogP contribution in [0.3, 0.4) is 0 Å². The number of anilines is 1. The number of benzene rings is 1. The molecule has 1 saturated heterocycles. The number of carbonyl (C=O) groups excluding carboxylic acids is 2. The molecule has 5 heteroatoms. The van der Waals surface area contributed by atoms with E-state index in [1.54, 1.807) is 0 Å². The molecule has 126 valence electrons. The number of aryl methyl sites for hydroxylation is 1. The van der Waals surface area contributed by atoms with Crippen LogP contribution in [0.2, 0.25) is 0 Å². The molecule has 0 aliphatic carbocycles. The number of hydrogen-bond donors (Lipinski definition) is 1. The number of carbonyl (C=O) groups is 2. The highest BCUT2D eigenvalue weighted by atomic mass is 16.5. The summed E-state index contributed by atoms with van der Waals surface area (Å²) in [5, 5.41) is 3.03. The number of para-hydroxylation sites is 1. The summed E-state index contributed by atoms with van der Waals surface area (Å²) in [6, 6.07) is 5.75. The molecule has 0 radical (unpaired) electrons. The molecule has 0 bridgehead atoms. The maximum absolute atomic E-state index is 12.4. The van der Waals surface area contributed by atoms with Crippen molar-refractivity contribution in [3.05, 3.63) is 29.3 Å². The molecule has 0 saturated carbocycles. The predicted molar refractivity (Wildman–Crippen MR) is 90.5 cm³/mol. The molecule has 1 aromatic carbocycles. The van der Waals surface area contributed by atoms with E-state index < -0.39 is 0 Å². The number of ether oxygens (including phenoxy) is 1. The Hall–Kier alpha value is -1.88. The average molecular weight is 318 g/mol. The lowest BCUT2D eigenvalue weighted by Crippen LogP contribution is -2.41. The van der Waals surface area contributed by atoms with E-state index in [-0.39, 0.29) is 24.5 Å². The lowest BCUT2D eigenvalue weighted by atomic mass is 9.98. The van der Waals surface area contributed by atoms with Gasteiger partial charge in [0, 0.05) is 5.69 Å². The van der Waals surface area contributed by atoms with E-state index in [0.717, 1.165) is 36.2 Å². The van der Waals surface area contributed by atoms with Gasteiger partial charge in [-0.05, 0) is 43.4 Å². The molecule has 1 aromatic rings.